The van der Waals surface area contributed by atoms with Gasteiger partial charge in [0.1, 0.15) is 5.82 Å². The molecule has 1 aromatic heterocycles. The van der Waals surface area contributed by atoms with Gasteiger partial charge in [-0.05, 0) is 68.0 Å². The molecule has 2 heterocycles. The van der Waals surface area contributed by atoms with Gasteiger partial charge in [0.2, 0.25) is 0 Å². The topological polar surface area (TPSA) is 79.5 Å². The van der Waals surface area contributed by atoms with Gasteiger partial charge in [-0.3, -0.25) is 9.59 Å². The number of esters is 1. The first kappa shape index (κ1) is 21.7. The number of fused-ring (bicyclic) bond motifs is 1. The number of hydrogen-bond donors (Lipinski definition) is 1. The van der Waals surface area contributed by atoms with Crippen molar-refractivity contribution in [3.8, 4) is 0 Å². The van der Waals surface area contributed by atoms with Gasteiger partial charge in [0, 0.05) is 35.8 Å². The maximum atomic E-state index is 13.2. The number of likely N-dealkylation sites (tertiary alicyclic amines) is 1. The van der Waals surface area contributed by atoms with E-state index in [1.807, 2.05) is 17.0 Å². The van der Waals surface area contributed by atoms with Gasteiger partial charge in [0.15, 0.2) is 0 Å². The molecule has 1 N–H and O–H groups in total. The van der Waals surface area contributed by atoms with Gasteiger partial charge in [0.05, 0.1) is 12.2 Å². The monoisotopic (exact) mass is 436 g/mol. The summed E-state index contributed by atoms with van der Waals surface area (Å²) in [7, 11) is 0. The lowest BCUT2D eigenvalue weighted by Gasteiger charge is -2.32. The zero-order chi connectivity index (χ0) is 22.7. The van der Waals surface area contributed by atoms with E-state index in [1.165, 1.54) is 12.1 Å². The van der Waals surface area contributed by atoms with Crippen LogP contribution in [0.1, 0.15) is 46.0 Å². The Hall–Kier alpha value is -3.48. The second-order valence-corrected chi connectivity index (χ2v) is 8.08. The molecule has 1 fully saturated rings. The van der Waals surface area contributed by atoms with Crippen LogP contribution in [0.5, 0.6) is 0 Å². The first-order chi connectivity index (χ1) is 15.5. The van der Waals surface area contributed by atoms with Crippen molar-refractivity contribution < 1.29 is 23.5 Å². The fraction of sp³-hybridized carbons (Fsp3) is 0.320. The molecule has 0 atom stereocenters. The molecule has 0 radical (unpaired) electrons. The van der Waals surface area contributed by atoms with E-state index in [4.69, 9.17) is 4.74 Å². The molecule has 32 heavy (non-hydrogen) atoms. The second kappa shape index (κ2) is 9.34. The molecule has 3 aromatic rings. The predicted molar refractivity (Wildman–Crippen MR) is 118 cm³/mol. The van der Waals surface area contributed by atoms with Crippen molar-refractivity contribution in [2.24, 2.45) is 5.92 Å². The van der Waals surface area contributed by atoms with Crippen LogP contribution in [0.2, 0.25) is 0 Å². The highest BCUT2D eigenvalue weighted by Crippen LogP contribution is 2.26. The fourth-order valence-corrected chi connectivity index (χ4v) is 4.22. The van der Waals surface area contributed by atoms with Gasteiger partial charge in [-0.25, -0.2) is 9.18 Å². The number of hydrogen-bond acceptors (Lipinski definition) is 4. The van der Waals surface area contributed by atoms with Crippen LogP contribution in [0.15, 0.2) is 48.7 Å². The van der Waals surface area contributed by atoms with Crippen LogP contribution in [-0.4, -0.2) is 47.2 Å². The summed E-state index contributed by atoms with van der Waals surface area (Å²) < 4.78 is 17.9. The van der Waals surface area contributed by atoms with Crippen molar-refractivity contribution in [2.45, 2.75) is 26.2 Å². The van der Waals surface area contributed by atoms with Gasteiger partial charge in [-0.15, -0.1) is 0 Å². The molecular weight excluding hydrogens is 411 g/mol. The fourth-order valence-electron chi connectivity index (χ4n) is 4.22. The van der Waals surface area contributed by atoms with Crippen molar-refractivity contribution in [3.63, 3.8) is 0 Å². The van der Waals surface area contributed by atoms with Crippen LogP contribution in [-0.2, 0) is 16.0 Å². The third kappa shape index (κ3) is 4.56. The van der Waals surface area contributed by atoms with Crippen molar-refractivity contribution in [1.82, 2.24) is 9.88 Å². The first-order valence-corrected chi connectivity index (χ1v) is 10.8. The molecule has 2 aromatic carbocycles. The summed E-state index contributed by atoms with van der Waals surface area (Å²) in [6.45, 7) is 3.04. The molecule has 1 amide bonds. The van der Waals surface area contributed by atoms with Crippen LogP contribution in [0.3, 0.4) is 0 Å². The number of Topliss-reactive ketones (excluding diaryl/α,β-unsaturated/α-hetero) is 1. The number of piperidine rings is 1. The molecule has 1 aliphatic rings. The van der Waals surface area contributed by atoms with E-state index in [1.54, 1.807) is 31.3 Å². The number of ketones is 1. The van der Waals surface area contributed by atoms with E-state index in [-0.39, 0.29) is 23.9 Å². The Kier molecular flexibility index (Phi) is 6.35. The average molecular weight is 436 g/mol. The van der Waals surface area contributed by atoms with Crippen LogP contribution < -0.4 is 0 Å². The second-order valence-electron chi connectivity index (χ2n) is 8.08. The molecule has 0 aliphatic carbocycles. The first-order valence-electron chi connectivity index (χ1n) is 10.8. The van der Waals surface area contributed by atoms with Gasteiger partial charge >= 0.3 is 5.97 Å². The van der Waals surface area contributed by atoms with Gasteiger partial charge < -0.3 is 14.6 Å². The third-order valence-electron chi connectivity index (χ3n) is 5.97. The lowest BCUT2D eigenvalue weighted by molar-refractivity contribution is -0.137. The molecule has 166 valence electrons. The number of ether oxygens (including phenoxy) is 1. The van der Waals surface area contributed by atoms with Gasteiger partial charge in [0.25, 0.3) is 11.7 Å². The summed E-state index contributed by atoms with van der Waals surface area (Å²) >= 11 is 0. The van der Waals surface area contributed by atoms with E-state index in [0.29, 0.717) is 30.0 Å². The Morgan fingerprint density at radius 1 is 1.09 bits per heavy atom. The number of aromatic nitrogens is 1. The lowest BCUT2D eigenvalue weighted by Crippen LogP contribution is -2.38. The molecule has 0 unspecified atom stereocenters. The molecule has 1 aliphatic heterocycles. The van der Waals surface area contributed by atoms with Crippen molar-refractivity contribution in [2.75, 3.05) is 19.7 Å². The number of nitrogens with one attached hydrogen (secondary N) is 1. The number of nitrogens with zero attached hydrogens (tertiary/aromatic N) is 1. The average Bonchev–Trinajstić information content (AvgIpc) is 3.23. The molecule has 6 nitrogen and oxygen atoms in total. The number of carbonyl (C=O) groups is 3. The maximum Gasteiger partial charge on any atom is 0.379 e. The molecule has 1 saturated heterocycles. The van der Waals surface area contributed by atoms with Gasteiger partial charge in [-0.1, -0.05) is 12.1 Å². The number of H-pyrrole nitrogens is 1. The van der Waals surface area contributed by atoms with Crippen molar-refractivity contribution in [1.29, 1.82) is 0 Å². The Bertz CT molecular complexity index is 1140. The molecule has 0 bridgehead atoms. The minimum absolute atomic E-state index is 0.0998. The largest absolute Gasteiger partial charge is 0.460 e. The normalized spacial score (nSPS) is 14.5. The molecule has 7 heteroatoms. The maximum absolute atomic E-state index is 13.2. The lowest BCUT2D eigenvalue weighted by atomic mass is 9.90. The van der Waals surface area contributed by atoms with Crippen LogP contribution in [0.25, 0.3) is 10.9 Å². The number of rotatable bonds is 6. The van der Waals surface area contributed by atoms with Crippen LogP contribution in [0.4, 0.5) is 4.39 Å². The summed E-state index contributed by atoms with van der Waals surface area (Å²) in [6, 6.07) is 11.4. The Morgan fingerprint density at radius 2 is 1.81 bits per heavy atom. The minimum Gasteiger partial charge on any atom is -0.460 e. The highest BCUT2D eigenvalue weighted by molar-refractivity contribution is 6.41. The number of halogens is 1. The Morgan fingerprint density at radius 3 is 2.50 bits per heavy atom. The zero-order valence-electron chi connectivity index (χ0n) is 17.9. The van der Waals surface area contributed by atoms with Crippen molar-refractivity contribution >= 4 is 28.6 Å². The quantitative estimate of drug-likeness (QED) is 0.358. The smallest absolute Gasteiger partial charge is 0.379 e. The van der Waals surface area contributed by atoms with Crippen LogP contribution >= 0.6 is 0 Å². The van der Waals surface area contributed by atoms with Crippen LogP contribution in [0, 0.1) is 11.7 Å². The molecule has 0 spiro atoms. The third-order valence-corrected chi connectivity index (χ3v) is 5.97. The van der Waals surface area contributed by atoms with E-state index in [0.717, 1.165) is 30.3 Å². The standard InChI is InChI=1S/C25H25FN2O4/c1-2-32-25(31)23(29)18-5-8-22-20(14-18)21(15-27-22)24(30)28-11-9-17(10-12-28)13-16-3-6-19(26)7-4-16/h3-8,14-15,17,27H,2,9-13H2,1H3. The summed E-state index contributed by atoms with van der Waals surface area (Å²) in [6.07, 6.45) is 4.26. The highest BCUT2D eigenvalue weighted by atomic mass is 19.1. The summed E-state index contributed by atoms with van der Waals surface area (Å²) in [5, 5.41) is 0.610. The SMILES string of the molecule is CCOC(=O)C(=O)c1ccc2[nH]cc(C(=O)N3CCC(Cc4ccc(F)cc4)CC3)c2c1. The zero-order valence-corrected chi connectivity index (χ0v) is 17.9. The van der Waals surface area contributed by atoms with Gasteiger partial charge in [-0.2, -0.15) is 0 Å². The molecular formula is C25H25FN2O4. The van der Waals surface area contributed by atoms with E-state index >= 15 is 0 Å². The predicted octanol–water partition coefficient (Wildman–Crippen LogP) is 4.15. The molecule has 0 saturated carbocycles. The Labute approximate surface area is 185 Å². The summed E-state index contributed by atoms with van der Waals surface area (Å²) in [5.74, 6) is -1.52. The highest BCUT2D eigenvalue weighted by Gasteiger charge is 2.26. The Balaban J connectivity index is 1.44. The number of aromatic amines is 1. The summed E-state index contributed by atoms with van der Waals surface area (Å²) in [5.41, 5.74) is 2.50. The van der Waals surface area contributed by atoms with E-state index in [9.17, 15) is 18.8 Å². The minimum atomic E-state index is -0.904. The molecule has 4 rings (SSSR count). The van der Waals surface area contributed by atoms with E-state index in [2.05, 4.69) is 4.98 Å². The number of benzene rings is 2. The van der Waals surface area contributed by atoms with E-state index < -0.39 is 11.8 Å². The summed E-state index contributed by atoms with van der Waals surface area (Å²) in [4.78, 5) is 42.2. The number of amides is 1. The number of carbonyl (C=O) groups excluding carboxylic acids is 3. The van der Waals surface area contributed by atoms with Crippen molar-refractivity contribution in [3.05, 3.63) is 71.2 Å².